The molecule has 0 aliphatic rings. The zero-order valence-electron chi connectivity index (χ0n) is 9.23. The number of hydrogen-bond acceptors (Lipinski definition) is 3. The molecule has 0 N–H and O–H groups in total. The smallest absolute Gasteiger partial charge is 0.264 e. The Bertz CT molecular complexity index is 401. The number of benzene rings is 1. The van der Waals surface area contributed by atoms with Crippen molar-refractivity contribution in [3.63, 3.8) is 0 Å². The fourth-order valence-electron chi connectivity index (χ4n) is 1.19. The molecule has 0 bridgehead atoms. The molecule has 15 heavy (non-hydrogen) atoms. The fourth-order valence-corrected chi connectivity index (χ4v) is 2.61. The summed E-state index contributed by atoms with van der Waals surface area (Å²) in [6.45, 7) is 5.15. The van der Waals surface area contributed by atoms with Crippen molar-refractivity contribution in [1.82, 2.24) is 0 Å². The molecule has 0 unspecified atom stereocenters. The average Bonchev–Trinajstić information content (AvgIpc) is 1.99. The maximum atomic E-state index is 11.6. The Morgan fingerprint density at radius 3 is 2.13 bits per heavy atom. The maximum Gasteiger partial charge on any atom is 0.272 e. The second-order valence-electron chi connectivity index (χ2n) is 4.38. The molecule has 1 aromatic carbocycles. The number of hydrogen-bond donors (Lipinski definition) is 0. The lowest BCUT2D eigenvalue weighted by Gasteiger charge is -2.18. The first-order chi connectivity index (χ1) is 6.79. The van der Waals surface area contributed by atoms with Crippen molar-refractivity contribution in [3.05, 3.63) is 35.9 Å². The normalized spacial score (nSPS) is 12.7. The Morgan fingerprint density at radius 2 is 1.67 bits per heavy atom. The highest BCUT2D eigenvalue weighted by atomic mass is 32.2. The molecule has 0 saturated carbocycles. The lowest BCUT2D eigenvalue weighted by atomic mass is 10.2. The third-order valence-electron chi connectivity index (χ3n) is 1.56. The van der Waals surface area contributed by atoms with Crippen LogP contribution in [0.3, 0.4) is 0 Å². The lowest BCUT2D eigenvalue weighted by molar-refractivity contribution is 0.139. The van der Waals surface area contributed by atoms with Crippen LogP contribution >= 0.6 is 0 Å². The third-order valence-corrected chi connectivity index (χ3v) is 3.00. The van der Waals surface area contributed by atoms with Gasteiger partial charge in [-0.05, 0) is 26.3 Å². The molecule has 1 aromatic rings. The Hall–Kier alpha value is -0.870. The summed E-state index contributed by atoms with van der Waals surface area (Å²) < 4.78 is 28.2. The van der Waals surface area contributed by atoms with Crippen LogP contribution in [0.25, 0.3) is 0 Å². The molecule has 1 rings (SSSR count). The predicted molar refractivity (Wildman–Crippen MR) is 59.9 cm³/mol. The molecule has 0 aliphatic heterocycles. The van der Waals surface area contributed by atoms with Crippen LogP contribution in [-0.4, -0.2) is 14.0 Å². The zero-order chi connectivity index (χ0) is 11.5. The van der Waals surface area contributed by atoms with Crippen LogP contribution < -0.4 is 0 Å². The second kappa shape index (κ2) is 4.33. The minimum absolute atomic E-state index is 0.0783. The van der Waals surface area contributed by atoms with Gasteiger partial charge in [0.25, 0.3) is 10.1 Å². The predicted octanol–water partition coefficient (Wildman–Crippen LogP) is 2.33. The van der Waals surface area contributed by atoms with E-state index >= 15 is 0 Å². The van der Waals surface area contributed by atoms with E-state index in [2.05, 4.69) is 0 Å². The molecule has 84 valence electrons. The molecule has 0 spiro atoms. The molecule has 0 aliphatic carbocycles. The van der Waals surface area contributed by atoms with E-state index in [0.717, 1.165) is 5.56 Å². The van der Waals surface area contributed by atoms with Gasteiger partial charge in [0.2, 0.25) is 0 Å². The van der Waals surface area contributed by atoms with Crippen LogP contribution in [-0.2, 0) is 20.1 Å². The Labute approximate surface area is 91.2 Å². The van der Waals surface area contributed by atoms with Gasteiger partial charge in [0.05, 0.1) is 5.60 Å². The van der Waals surface area contributed by atoms with E-state index in [1.807, 2.05) is 18.2 Å². The van der Waals surface area contributed by atoms with Crippen LogP contribution in [0.2, 0.25) is 0 Å². The SMILES string of the molecule is CC(C)(C)OS(=O)(=O)Cc1ccccc1. The van der Waals surface area contributed by atoms with E-state index in [1.165, 1.54) is 0 Å². The minimum Gasteiger partial charge on any atom is -0.264 e. The van der Waals surface area contributed by atoms with E-state index < -0.39 is 15.7 Å². The largest absolute Gasteiger partial charge is 0.272 e. The first-order valence-corrected chi connectivity index (χ1v) is 6.33. The van der Waals surface area contributed by atoms with Gasteiger partial charge in [0, 0.05) is 0 Å². The monoisotopic (exact) mass is 228 g/mol. The van der Waals surface area contributed by atoms with Gasteiger partial charge in [-0.1, -0.05) is 30.3 Å². The second-order valence-corrected chi connectivity index (χ2v) is 5.95. The van der Waals surface area contributed by atoms with Gasteiger partial charge in [-0.25, -0.2) is 0 Å². The molecule has 4 heteroatoms. The Morgan fingerprint density at radius 1 is 1.13 bits per heavy atom. The molecular formula is C11H16O3S. The fraction of sp³-hybridized carbons (Fsp3) is 0.455. The summed E-state index contributed by atoms with van der Waals surface area (Å²) in [6, 6.07) is 9.00. The van der Waals surface area contributed by atoms with Crippen LogP contribution in [0.1, 0.15) is 26.3 Å². The molecule has 0 aromatic heterocycles. The van der Waals surface area contributed by atoms with Crippen LogP contribution in [0.15, 0.2) is 30.3 Å². The summed E-state index contributed by atoms with van der Waals surface area (Å²) in [5.41, 5.74) is 0.0647. The highest BCUT2D eigenvalue weighted by Crippen LogP contribution is 2.15. The molecule has 0 radical (unpaired) electrons. The highest BCUT2D eigenvalue weighted by Gasteiger charge is 2.21. The Kier molecular flexibility index (Phi) is 3.52. The number of rotatable bonds is 3. The van der Waals surface area contributed by atoms with Crippen molar-refractivity contribution >= 4 is 10.1 Å². The van der Waals surface area contributed by atoms with E-state index in [0.29, 0.717) is 0 Å². The van der Waals surface area contributed by atoms with Crippen molar-refractivity contribution in [2.45, 2.75) is 32.1 Å². The van der Waals surface area contributed by atoms with E-state index in [-0.39, 0.29) is 5.75 Å². The summed E-state index contributed by atoms with van der Waals surface area (Å²) in [7, 11) is -3.49. The van der Waals surface area contributed by atoms with Crippen molar-refractivity contribution < 1.29 is 12.6 Å². The molecule has 0 atom stereocenters. The summed E-state index contributed by atoms with van der Waals surface area (Å²) in [5.74, 6) is -0.0783. The standard InChI is InChI=1S/C11H16O3S/c1-11(2,3)14-15(12,13)9-10-7-5-4-6-8-10/h4-8H,9H2,1-3H3. The summed E-state index contributed by atoms with van der Waals surface area (Å²) in [6.07, 6.45) is 0. The van der Waals surface area contributed by atoms with Crippen molar-refractivity contribution in [1.29, 1.82) is 0 Å². The Balaban J connectivity index is 2.74. The topological polar surface area (TPSA) is 43.4 Å². The van der Waals surface area contributed by atoms with Crippen molar-refractivity contribution in [3.8, 4) is 0 Å². The van der Waals surface area contributed by atoms with Gasteiger partial charge in [0.1, 0.15) is 5.75 Å². The van der Waals surface area contributed by atoms with Crippen LogP contribution in [0.5, 0.6) is 0 Å². The van der Waals surface area contributed by atoms with Gasteiger partial charge >= 0.3 is 0 Å². The molecule has 0 heterocycles. The highest BCUT2D eigenvalue weighted by molar-refractivity contribution is 7.85. The first kappa shape index (κ1) is 12.2. The quantitative estimate of drug-likeness (QED) is 0.746. The summed E-state index contributed by atoms with van der Waals surface area (Å²) >= 11 is 0. The molecule has 0 fully saturated rings. The molecule has 0 amide bonds. The molecule has 3 nitrogen and oxygen atoms in total. The summed E-state index contributed by atoms with van der Waals surface area (Å²) in [5, 5.41) is 0. The van der Waals surface area contributed by atoms with Gasteiger partial charge < -0.3 is 0 Å². The molecular weight excluding hydrogens is 212 g/mol. The van der Waals surface area contributed by atoms with Gasteiger partial charge in [-0.2, -0.15) is 8.42 Å². The van der Waals surface area contributed by atoms with Gasteiger partial charge in [-0.15, -0.1) is 0 Å². The van der Waals surface area contributed by atoms with E-state index in [1.54, 1.807) is 32.9 Å². The first-order valence-electron chi connectivity index (χ1n) is 4.76. The van der Waals surface area contributed by atoms with E-state index in [4.69, 9.17) is 4.18 Å². The van der Waals surface area contributed by atoms with Gasteiger partial charge in [-0.3, -0.25) is 4.18 Å². The van der Waals surface area contributed by atoms with Crippen LogP contribution in [0, 0.1) is 0 Å². The van der Waals surface area contributed by atoms with E-state index in [9.17, 15) is 8.42 Å². The van der Waals surface area contributed by atoms with Crippen LogP contribution in [0.4, 0.5) is 0 Å². The lowest BCUT2D eigenvalue weighted by Crippen LogP contribution is -2.24. The van der Waals surface area contributed by atoms with Crippen molar-refractivity contribution in [2.24, 2.45) is 0 Å². The minimum atomic E-state index is -3.49. The third kappa shape index (κ3) is 4.95. The summed E-state index contributed by atoms with van der Waals surface area (Å²) in [4.78, 5) is 0. The zero-order valence-corrected chi connectivity index (χ0v) is 10.0. The van der Waals surface area contributed by atoms with Gasteiger partial charge in [0.15, 0.2) is 0 Å². The molecule has 0 saturated heterocycles. The average molecular weight is 228 g/mol. The maximum absolute atomic E-state index is 11.6. The van der Waals surface area contributed by atoms with Crippen molar-refractivity contribution in [2.75, 3.05) is 0 Å².